The highest BCUT2D eigenvalue weighted by Crippen LogP contribution is 2.23. The van der Waals surface area contributed by atoms with Crippen LogP contribution in [0.15, 0.2) is 54.6 Å². The summed E-state index contributed by atoms with van der Waals surface area (Å²) in [6.45, 7) is 0.185. The average Bonchev–Trinajstić information content (AvgIpc) is 2.50. The van der Waals surface area contributed by atoms with Gasteiger partial charge in [0.25, 0.3) is 0 Å². The maximum Gasteiger partial charge on any atom is 0.238 e. The van der Waals surface area contributed by atoms with Gasteiger partial charge in [0.1, 0.15) is 29.9 Å². The highest BCUT2D eigenvalue weighted by Gasteiger charge is 2.13. The van der Waals surface area contributed by atoms with Gasteiger partial charge in [-0.05, 0) is 43.4 Å². The van der Waals surface area contributed by atoms with Crippen LogP contribution in [0.1, 0.15) is 0 Å². The maximum absolute atomic E-state index is 11.1. The molecule has 110 valence electrons. The second-order valence-electron chi connectivity index (χ2n) is 4.44. The second kappa shape index (κ2) is 7.31. The minimum absolute atomic E-state index is 0.185. The number of carbonyl (C=O) groups excluding carboxylic acids is 1. The Kier molecular flexibility index (Phi) is 5.17. The standard InChI is InChI=1S/C16H18N2O3/c1-18-15(16(17)19)11-20-12-7-9-14(10-8-12)21-13-5-3-2-4-6-13/h2-10,15,18H,11H2,1H3,(H2,17,19). The third-order valence-electron chi connectivity index (χ3n) is 2.91. The summed E-state index contributed by atoms with van der Waals surface area (Å²) in [4.78, 5) is 11.1. The van der Waals surface area contributed by atoms with E-state index in [0.717, 1.165) is 5.75 Å². The van der Waals surface area contributed by atoms with Crippen LogP contribution in [0.25, 0.3) is 0 Å². The fraction of sp³-hybridized carbons (Fsp3) is 0.188. The first-order chi connectivity index (χ1) is 10.2. The van der Waals surface area contributed by atoms with Crippen molar-refractivity contribution < 1.29 is 14.3 Å². The topological polar surface area (TPSA) is 73.6 Å². The van der Waals surface area contributed by atoms with E-state index >= 15 is 0 Å². The van der Waals surface area contributed by atoms with Crippen molar-refractivity contribution >= 4 is 5.91 Å². The molecular formula is C16H18N2O3. The van der Waals surface area contributed by atoms with Crippen molar-refractivity contribution in [3.05, 3.63) is 54.6 Å². The first kappa shape index (κ1) is 14.9. The molecule has 0 bridgehead atoms. The van der Waals surface area contributed by atoms with Crippen molar-refractivity contribution in [1.82, 2.24) is 5.32 Å². The van der Waals surface area contributed by atoms with E-state index in [1.807, 2.05) is 30.3 Å². The highest BCUT2D eigenvalue weighted by atomic mass is 16.5. The molecule has 3 N–H and O–H groups in total. The van der Waals surface area contributed by atoms with E-state index in [0.29, 0.717) is 11.5 Å². The van der Waals surface area contributed by atoms with Gasteiger partial charge in [0.2, 0.25) is 5.91 Å². The summed E-state index contributed by atoms with van der Waals surface area (Å²) < 4.78 is 11.2. The minimum Gasteiger partial charge on any atom is -0.491 e. The zero-order chi connectivity index (χ0) is 15.1. The molecule has 2 aromatic rings. The molecule has 21 heavy (non-hydrogen) atoms. The van der Waals surface area contributed by atoms with Crippen LogP contribution in [0.2, 0.25) is 0 Å². The van der Waals surface area contributed by atoms with Crippen LogP contribution in [0.3, 0.4) is 0 Å². The summed E-state index contributed by atoms with van der Waals surface area (Å²) in [5.41, 5.74) is 5.22. The summed E-state index contributed by atoms with van der Waals surface area (Å²) in [5.74, 6) is 1.70. The molecule has 5 heteroatoms. The molecule has 5 nitrogen and oxygen atoms in total. The van der Waals surface area contributed by atoms with Gasteiger partial charge in [0.15, 0.2) is 0 Å². The second-order valence-corrected chi connectivity index (χ2v) is 4.44. The lowest BCUT2D eigenvalue weighted by molar-refractivity contribution is -0.120. The summed E-state index contributed by atoms with van der Waals surface area (Å²) in [6, 6.07) is 16.2. The number of likely N-dealkylation sites (N-methyl/N-ethyl adjacent to an activating group) is 1. The molecule has 0 aliphatic heterocycles. The Balaban J connectivity index is 1.91. The minimum atomic E-state index is -0.509. The Morgan fingerprint density at radius 3 is 2.19 bits per heavy atom. The number of rotatable bonds is 7. The molecule has 2 aromatic carbocycles. The van der Waals surface area contributed by atoms with Gasteiger partial charge in [-0.1, -0.05) is 18.2 Å². The van der Waals surface area contributed by atoms with Crippen LogP contribution in [0.4, 0.5) is 0 Å². The summed E-state index contributed by atoms with van der Waals surface area (Å²) >= 11 is 0. The maximum atomic E-state index is 11.1. The normalized spacial score (nSPS) is 11.7. The van der Waals surface area contributed by atoms with Crippen molar-refractivity contribution in [2.75, 3.05) is 13.7 Å². The number of amides is 1. The van der Waals surface area contributed by atoms with E-state index in [2.05, 4.69) is 5.32 Å². The lowest BCUT2D eigenvalue weighted by Crippen LogP contribution is -2.43. The number of hydrogen-bond donors (Lipinski definition) is 2. The molecule has 1 amide bonds. The van der Waals surface area contributed by atoms with Crippen LogP contribution in [-0.4, -0.2) is 25.6 Å². The molecule has 0 spiro atoms. The van der Waals surface area contributed by atoms with Crippen molar-refractivity contribution in [2.45, 2.75) is 6.04 Å². The average molecular weight is 286 g/mol. The summed E-state index contributed by atoms with van der Waals surface area (Å²) in [6.07, 6.45) is 0. The lowest BCUT2D eigenvalue weighted by atomic mass is 10.3. The number of benzene rings is 2. The van der Waals surface area contributed by atoms with Gasteiger partial charge in [-0.15, -0.1) is 0 Å². The molecule has 0 heterocycles. The van der Waals surface area contributed by atoms with Gasteiger partial charge in [0.05, 0.1) is 0 Å². The quantitative estimate of drug-likeness (QED) is 0.815. The number of nitrogens with one attached hydrogen (secondary N) is 1. The smallest absolute Gasteiger partial charge is 0.238 e. The number of ether oxygens (including phenoxy) is 2. The van der Waals surface area contributed by atoms with E-state index in [1.165, 1.54) is 0 Å². The van der Waals surface area contributed by atoms with E-state index in [9.17, 15) is 4.79 Å². The predicted octanol–water partition coefficient (Wildman–Crippen LogP) is 1.93. The molecule has 0 fully saturated rings. The largest absolute Gasteiger partial charge is 0.491 e. The zero-order valence-electron chi connectivity index (χ0n) is 11.8. The molecule has 0 aliphatic carbocycles. The zero-order valence-corrected chi connectivity index (χ0v) is 11.8. The molecule has 0 aromatic heterocycles. The van der Waals surface area contributed by atoms with Crippen LogP contribution in [0.5, 0.6) is 17.2 Å². The number of hydrogen-bond acceptors (Lipinski definition) is 4. The molecule has 2 rings (SSSR count). The Bertz CT molecular complexity index is 570. The van der Waals surface area contributed by atoms with Crippen molar-refractivity contribution in [1.29, 1.82) is 0 Å². The Morgan fingerprint density at radius 1 is 1.05 bits per heavy atom. The molecule has 1 atom stereocenters. The van der Waals surface area contributed by atoms with Gasteiger partial charge >= 0.3 is 0 Å². The SMILES string of the molecule is CNC(COc1ccc(Oc2ccccc2)cc1)C(N)=O. The van der Waals surface area contributed by atoms with Gasteiger partial charge in [-0.2, -0.15) is 0 Å². The van der Waals surface area contributed by atoms with E-state index < -0.39 is 11.9 Å². The van der Waals surface area contributed by atoms with Crippen molar-refractivity contribution in [3.63, 3.8) is 0 Å². The summed E-state index contributed by atoms with van der Waals surface area (Å²) in [5, 5.41) is 2.79. The molecule has 0 saturated carbocycles. The van der Waals surface area contributed by atoms with Crippen molar-refractivity contribution in [3.8, 4) is 17.2 Å². The van der Waals surface area contributed by atoms with Crippen LogP contribution in [0, 0.1) is 0 Å². The fourth-order valence-corrected chi connectivity index (χ4v) is 1.72. The molecule has 0 saturated heterocycles. The first-order valence-corrected chi connectivity index (χ1v) is 6.61. The number of nitrogens with two attached hydrogens (primary N) is 1. The third kappa shape index (κ3) is 4.50. The molecule has 1 unspecified atom stereocenters. The number of para-hydroxylation sites is 1. The molecule has 0 radical (unpaired) electrons. The van der Waals surface area contributed by atoms with Crippen LogP contribution in [-0.2, 0) is 4.79 Å². The Labute approximate surface area is 123 Å². The third-order valence-corrected chi connectivity index (χ3v) is 2.91. The van der Waals surface area contributed by atoms with E-state index in [1.54, 1.807) is 31.3 Å². The van der Waals surface area contributed by atoms with Gasteiger partial charge in [0, 0.05) is 0 Å². The molecule has 0 aliphatic rings. The number of primary amides is 1. The van der Waals surface area contributed by atoms with Crippen LogP contribution < -0.4 is 20.5 Å². The predicted molar refractivity (Wildman–Crippen MR) is 80.5 cm³/mol. The summed E-state index contributed by atoms with van der Waals surface area (Å²) in [7, 11) is 1.66. The van der Waals surface area contributed by atoms with Gasteiger partial charge in [-0.25, -0.2) is 0 Å². The van der Waals surface area contributed by atoms with Crippen molar-refractivity contribution in [2.24, 2.45) is 5.73 Å². The van der Waals surface area contributed by atoms with E-state index in [-0.39, 0.29) is 6.61 Å². The first-order valence-electron chi connectivity index (χ1n) is 6.61. The van der Waals surface area contributed by atoms with E-state index in [4.69, 9.17) is 15.2 Å². The van der Waals surface area contributed by atoms with Gasteiger partial charge in [-0.3, -0.25) is 4.79 Å². The Morgan fingerprint density at radius 2 is 1.62 bits per heavy atom. The fourth-order valence-electron chi connectivity index (χ4n) is 1.72. The lowest BCUT2D eigenvalue weighted by Gasteiger charge is -2.13. The van der Waals surface area contributed by atoms with Gasteiger partial charge < -0.3 is 20.5 Å². The highest BCUT2D eigenvalue weighted by molar-refractivity contribution is 5.79. The molecular weight excluding hydrogens is 268 g/mol. The van der Waals surface area contributed by atoms with Crippen LogP contribution >= 0.6 is 0 Å². The number of carbonyl (C=O) groups is 1. The monoisotopic (exact) mass is 286 g/mol. The Hall–Kier alpha value is -2.53.